The maximum absolute atomic E-state index is 13.5. The third-order valence-corrected chi connectivity index (χ3v) is 3.33. The molecule has 3 aromatic rings. The van der Waals surface area contributed by atoms with E-state index in [0.717, 1.165) is 0 Å². The molecule has 3 N–H and O–H groups in total. The standard InChI is InChI=1S/C17H14FN3O2/c18-13-7-3-1-5-11(13)9-20-16(22)15-10-23-17(21-15)12-6-2-4-8-14(12)19/h1-8,10H,9,19H2,(H,20,22). The summed E-state index contributed by atoms with van der Waals surface area (Å²) >= 11 is 0. The van der Waals surface area contributed by atoms with Crippen LogP contribution >= 0.6 is 0 Å². The van der Waals surface area contributed by atoms with Crippen molar-refractivity contribution in [1.82, 2.24) is 10.3 Å². The fraction of sp³-hybridized carbons (Fsp3) is 0.0588. The number of halogens is 1. The van der Waals surface area contributed by atoms with Crippen molar-refractivity contribution >= 4 is 11.6 Å². The van der Waals surface area contributed by atoms with Gasteiger partial charge in [-0.25, -0.2) is 9.37 Å². The van der Waals surface area contributed by atoms with Crippen LogP contribution in [0.4, 0.5) is 10.1 Å². The van der Waals surface area contributed by atoms with Crippen molar-refractivity contribution in [1.29, 1.82) is 0 Å². The average molecular weight is 311 g/mol. The Morgan fingerprint density at radius 2 is 1.91 bits per heavy atom. The minimum absolute atomic E-state index is 0.0706. The van der Waals surface area contributed by atoms with Crippen molar-refractivity contribution in [2.45, 2.75) is 6.54 Å². The van der Waals surface area contributed by atoms with Crippen LogP contribution in [0.3, 0.4) is 0 Å². The molecule has 0 bridgehead atoms. The van der Waals surface area contributed by atoms with Gasteiger partial charge in [-0.15, -0.1) is 0 Å². The molecule has 3 rings (SSSR count). The van der Waals surface area contributed by atoms with E-state index in [-0.39, 0.29) is 23.9 Å². The number of oxazole rings is 1. The summed E-state index contributed by atoms with van der Waals surface area (Å²) in [5.74, 6) is -0.553. The topological polar surface area (TPSA) is 81.1 Å². The van der Waals surface area contributed by atoms with Crippen molar-refractivity contribution in [2.75, 3.05) is 5.73 Å². The third kappa shape index (κ3) is 3.21. The molecule has 0 spiro atoms. The molecule has 1 heterocycles. The number of anilines is 1. The first-order valence-electron chi connectivity index (χ1n) is 6.97. The molecule has 0 saturated heterocycles. The van der Waals surface area contributed by atoms with Crippen LogP contribution in [0.1, 0.15) is 16.1 Å². The average Bonchev–Trinajstić information content (AvgIpc) is 3.04. The number of nitrogen functional groups attached to an aromatic ring is 1. The summed E-state index contributed by atoms with van der Waals surface area (Å²) in [7, 11) is 0. The highest BCUT2D eigenvalue weighted by atomic mass is 19.1. The zero-order chi connectivity index (χ0) is 16.2. The fourth-order valence-electron chi connectivity index (χ4n) is 2.10. The van der Waals surface area contributed by atoms with Crippen molar-refractivity contribution in [3.05, 3.63) is 71.9 Å². The number of nitrogens with two attached hydrogens (primary N) is 1. The van der Waals surface area contributed by atoms with Crippen molar-refractivity contribution in [3.8, 4) is 11.5 Å². The molecule has 0 aliphatic heterocycles. The van der Waals surface area contributed by atoms with Crippen molar-refractivity contribution in [2.24, 2.45) is 0 Å². The van der Waals surface area contributed by atoms with Gasteiger partial charge in [-0.3, -0.25) is 4.79 Å². The molecule has 23 heavy (non-hydrogen) atoms. The number of nitrogens with zero attached hydrogens (tertiary/aromatic N) is 1. The van der Waals surface area contributed by atoms with E-state index in [1.165, 1.54) is 12.3 Å². The van der Waals surface area contributed by atoms with E-state index in [1.54, 1.807) is 42.5 Å². The number of para-hydroxylation sites is 1. The molecule has 0 fully saturated rings. The number of hydrogen-bond acceptors (Lipinski definition) is 4. The first-order chi connectivity index (χ1) is 11.1. The molecule has 0 aliphatic rings. The number of carbonyl (C=O) groups excluding carboxylic acids is 1. The normalized spacial score (nSPS) is 10.5. The van der Waals surface area contributed by atoms with Gasteiger partial charge in [-0.1, -0.05) is 30.3 Å². The van der Waals surface area contributed by atoms with Crippen LogP contribution in [0.2, 0.25) is 0 Å². The SMILES string of the molecule is Nc1ccccc1-c1nc(C(=O)NCc2ccccc2F)co1. The second-order valence-corrected chi connectivity index (χ2v) is 4.90. The van der Waals surface area contributed by atoms with Crippen LogP contribution < -0.4 is 11.1 Å². The smallest absolute Gasteiger partial charge is 0.273 e. The van der Waals surface area contributed by atoms with E-state index in [2.05, 4.69) is 10.3 Å². The van der Waals surface area contributed by atoms with Crippen molar-refractivity contribution < 1.29 is 13.6 Å². The Bertz CT molecular complexity index is 845. The summed E-state index contributed by atoms with van der Waals surface area (Å²) < 4.78 is 18.8. The molecule has 1 amide bonds. The van der Waals surface area contributed by atoms with Crippen LogP contribution in [-0.4, -0.2) is 10.9 Å². The number of carbonyl (C=O) groups is 1. The van der Waals surface area contributed by atoms with Gasteiger partial charge in [0, 0.05) is 17.8 Å². The summed E-state index contributed by atoms with van der Waals surface area (Å²) in [4.78, 5) is 16.2. The van der Waals surface area contributed by atoms with Gasteiger partial charge in [-0.2, -0.15) is 0 Å². The Hall–Kier alpha value is -3.15. The van der Waals surface area contributed by atoms with Gasteiger partial charge in [0.2, 0.25) is 5.89 Å². The monoisotopic (exact) mass is 311 g/mol. The second kappa shape index (κ2) is 6.31. The molecule has 0 aliphatic carbocycles. The summed E-state index contributed by atoms with van der Waals surface area (Å²) in [6.45, 7) is 0.0706. The summed E-state index contributed by atoms with van der Waals surface area (Å²) in [6.07, 6.45) is 1.25. The van der Waals surface area contributed by atoms with Crippen LogP contribution in [0, 0.1) is 5.82 Å². The van der Waals surface area contributed by atoms with Crippen molar-refractivity contribution in [3.63, 3.8) is 0 Å². The van der Waals surface area contributed by atoms with E-state index in [0.29, 0.717) is 16.8 Å². The molecule has 0 saturated carbocycles. The van der Waals surface area contributed by atoms with Gasteiger partial charge in [0.1, 0.15) is 12.1 Å². The van der Waals surface area contributed by atoms with Gasteiger partial charge in [0.15, 0.2) is 5.69 Å². The third-order valence-electron chi connectivity index (χ3n) is 3.33. The lowest BCUT2D eigenvalue weighted by Crippen LogP contribution is -2.23. The highest BCUT2D eigenvalue weighted by Crippen LogP contribution is 2.24. The van der Waals surface area contributed by atoms with Crippen LogP contribution in [0.5, 0.6) is 0 Å². The maximum Gasteiger partial charge on any atom is 0.273 e. The Kier molecular flexibility index (Phi) is 4.05. The lowest BCUT2D eigenvalue weighted by molar-refractivity contribution is 0.0945. The number of rotatable bonds is 4. The minimum Gasteiger partial charge on any atom is -0.444 e. The molecule has 1 aromatic heterocycles. The van der Waals surface area contributed by atoms with Crippen LogP contribution in [0.25, 0.3) is 11.5 Å². The number of aromatic nitrogens is 1. The molecule has 0 unspecified atom stereocenters. The van der Waals surface area contributed by atoms with E-state index >= 15 is 0 Å². The summed E-state index contributed by atoms with van der Waals surface area (Å²) in [6, 6.07) is 13.3. The molecular weight excluding hydrogens is 297 g/mol. The zero-order valence-corrected chi connectivity index (χ0v) is 12.1. The number of amides is 1. The number of hydrogen-bond donors (Lipinski definition) is 2. The first kappa shape index (κ1) is 14.8. The maximum atomic E-state index is 13.5. The lowest BCUT2D eigenvalue weighted by atomic mass is 10.2. The Labute approximate surface area is 132 Å². The van der Waals surface area contributed by atoms with E-state index in [4.69, 9.17) is 10.2 Å². The zero-order valence-electron chi connectivity index (χ0n) is 12.1. The molecule has 0 radical (unpaired) electrons. The van der Waals surface area contributed by atoms with Gasteiger partial charge in [-0.05, 0) is 18.2 Å². The second-order valence-electron chi connectivity index (χ2n) is 4.90. The van der Waals surface area contributed by atoms with Gasteiger partial charge in [0.25, 0.3) is 5.91 Å². The minimum atomic E-state index is -0.447. The molecule has 6 heteroatoms. The van der Waals surface area contributed by atoms with Crippen LogP contribution in [0.15, 0.2) is 59.2 Å². The van der Waals surface area contributed by atoms with E-state index in [9.17, 15) is 9.18 Å². The predicted molar refractivity (Wildman–Crippen MR) is 83.9 cm³/mol. The fourth-order valence-corrected chi connectivity index (χ4v) is 2.10. The summed E-state index contributed by atoms with van der Waals surface area (Å²) in [5.41, 5.74) is 7.48. The quantitative estimate of drug-likeness (QED) is 0.726. The molecule has 2 aromatic carbocycles. The van der Waals surface area contributed by atoms with E-state index < -0.39 is 5.91 Å². The van der Waals surface area contributed by atoms with E-state index in [1.807, 2.05) is 0 Å². The highest BCUT2D eigenvalue weighted by Gasteiger charge is 2.15. The van der Waals surface area contributed by atoms with Gasteiger partial charge < -0.3 is 15.5 Å². The highest BCUT2D eigenvalue weighted by molar-refractivity contribution is 5.92. The number of benzene rings is 2. The Balaban J connectivity index is 1.72. The molecule has 0 atom stereocenters. The predicted octanol–water partition coefficient (Wildman–Crippen LogP) is 2.99. The molecular formula is C17H14FN3O2. The van der Waals surface area contributed by atoms with Gasteiger partial charge in [0.05, 0.1) is 5.56 Å². The number of nitrogens with one attached hydrogen (secondary N) is 1. The first-order valence-corrected chi connectivity index (χ1v) is 6.97. The van der Waals surface area contributed by atoms with Gasteiger partial charge >= 0.3 is 0 Å². The van der Waals surface area contributed by atoms with Crippen LogP contribution in [-0.2, 0) is 6.54 Å². The lowest BCUT2D eigenvalue weighted by Gasteiger charge is -2.04. The molecule has 116 valence electrons. The summed E-state index contributed by atoms with van der Waals surface area (Å²) in [5, 5.41) is 2.60. The Morgan fingerprint density at radius 3 is 2.70 bits per heavy atom. The largest absolute Gasteiger partial charge is 0.444 e. The Morgan fingerprint density at radius 1 is 1.17 bits per heavy atom. The molecule has 5 nitrogen and oxygen atoms in total.